The molecular weight excluding hydrogens is 1420 g/mol. The van der Waals surface area contributed by atoms with Crippen LogP contribution in [0.4, 0.5) is 19.0 Å². The summed E-state index contributed by atoms with van der Waals surface area (Å²) in [6, 6.07) is 23.6. The second-order valence-corrected chi connectivity index (χ2v) is 31.0. The van der Waals surface area contributed by atoms with E-state index in [2.05, 4.69) is 41.7 Å². The molecule has 4 N–H and O–H groups in total. The predicted octanol–water partition coefficient (Wildman–Crippen LogP) is 13.9. The number of benzene rings is 3. The summed E-state index contributed by atoms with van der Waals surface area (Å²) in [7, 11) is 0. The average molecular weight is 1540 g/mol. The van der Waals surface area contributed by atoms with E-state index in [1.165, 1.54) is 84.1 Å². The van der Waals surface area contributed by atoms with Crippen LogP contribution in [0.25, 0.3) is 0 Å². The number of hydrogen-bond acceptors (Lipinski definition) is 18. The zero-order valence-electron chi connectivity index (χ0n) is 64.2. The second-order valence-electron chi connectivity index (χ2n) is 31.0. The number of carboxylic acid groups (broad SMARTS) is 3. The molecule has 21 nitrogen and oxygen atoms in total. The van der Waals surface area contributed by atoms with Crippen molar-refractivity contribution in [3.05, 3.63) is 187 Å². The summed E-state index contributed by atoms with van der Waals surface area (Å²) in [4.78, 5) is 57.3. The quantitative estimate of drug-likeness (QED) is 0.0306. The molecule has 111 heavy (non-hydrogen) atoms. The Morgan fingerprint density at radius 1 is 0.459 bits per heavy atom. The number of nitrogens with zero attached hydrogens (tertiary/aromatic N) is 6. The molecule has 6 aromatic rings. The summed E-state index contributed by atoms with van der Waals surface area (Å²) in [5.74, 6) is -3.38. The second kappa shape index (κ2) is 41.1. The Hall–Kier alpha value is -7.33. The molecule has 24 heteroatoms. The van der Waals surface area contributed by atoms with Crippen LogP contribution in [0.1, 0.15) is 224 Å². The third kappa shape index (κ3) is 22.4. The first kappa shape index (κ1) is 81.7. The molecule has 0 spiro atoms. The number of likely N-dealkylation sites (tertiary alicyclic amines) is 3. The van der Waals surface area contributed by atoms with E-state index in [0.717, 1.165) is 164 Å². The summed E-state index contributed by atoms with van der Waals surface area (Å²) in [5.41, 5.74) is 13.2. The van der Waals surface area contributed by atoms with E-state index in [1.807, 2.05) is 20.8 Å². The maximum absolute atomic E-state index is 15.1. The van der Waals surface area contributed by atoms with Crippen LogP contribution in [0, 0.1) is 17.5 Å². The third-order valence-corrected chi connectivity index (χ3v) is 23.2. The van der Waals surface area contributed by atoms with Crippen LogP contribution >= 0.6 is 0 Å². The number of nitrogens with one attached hydrogen (secondary N) is 1. The summed E-state index contributed by atoms with van der Waals surface area (Å²) >= 11 is 0. The summed E-state index contributed by atoms with van der Waals surface area (Å²) < 4.78 is 90.5. The van der Waals surface area contributed by atoms with E-state index in [4.69, 9.17) is 52.8 Å². The lowest BCUT2D eigenvalue weighted by atomic mass is 9.91. The van der Waals surface area contributed by atoms with Crippen LogP contribution < -0.4 is 5.32 Å². The van der Waals surface area contributed by atoms with Crippen molar-refractivity contribution in [2.45, 2.75) is 215 Å². The molecule has 7 aliphatic heterocycles. The molecule has 6 fully saturated rings. The van der Waals surface area contributed by atoms with Crippen molar-refractivity contribution < 1.29 is 80.8 Å². The first-order valence-electron chi connectivity index (χ1n) is 41.1. The van der Waals surface area contributed by atoms with Crippen LogP contribution in [0.3, 0.4) is 0 Å². The van der Waals surface area contributed by atoms with Crippen molar-refractivity contribution in [1.29, 1.82) is 0 Å². The minimum absolute atomic E-state index is 0.0324. The van der Waals surface area contributed by atoms with Gasteiger partial charge < -0.3 is 58.5 Å². The molecule has 600 valence electrons. The van der Waals surface area contributed by atoms with E-state index in [0.29, 0.717) is 133 Å². The van der Waals surface area contributed by atoms with Crippen LogP contribution in [0.5, 0.6) is 0 Å². The average Bonchev–Trinajstić information content (AvgIpc) is 1.24. The van der Waals surface area contributed by atoms with Gasteiger partial charge in [0.05, 0.1) is 64.1 Å². The number of unbranched alkanes of at least 4 members (excludes halogenated alkanes) is 3. The predicted molar refractivity (Wildman–Crippen MR) is 411 cm³/mol. The normalized spacial score (nSPS) is 23.0. The number of anilines is 1. The molecule has 0 radical (unpaired) electrons. The molecule has 0 amide bonds. The van der Waals surface area contributed by atoms with Crippen LogP contribution in [0.2, 0.25) is 0 Å². The van der Waals surface area contributed by atoms with Gasteiger partial charge in [-0.2, -0.15) is 0 Å². The van der Waals surface area contributed by atoms with Crippen LogP contribution in [0.15, 0.2) is 91.0 Å². The largest absolute Gasteiger partial charge is 0.480 e. The number of carbonyl (C=O) groups is 3. The highest BCUT2D eigenvalue weighted by Gasteiger charge is 2.41. The molecule has 2 aliphatic carbocycles. The molecule has 9 atom stereocenters. The molecule has 15 rings (SSSR count). The summed E-state index contributed by atoms with van der Waals surface area (Å²) in [6.07, 6.45) is 24.2. The molecule has 6 saturated heterocycles. The number of hydrogen-bond donors (Lipinski definition) is 4. The number of halogens is 3. The Morgan fingerprint density at radius 2 is 0.919 bits per heavy atom. The van der Waals surface area contributed by atoms with E-state index >= 15 is 4.39 Å². The standard InChI is InChI=1S/C29H38FN3O4.2C29H37FN2O5/c30-24-10-5-9-23(25-11-2-4-18-37-25)26(24)27(29(34)35)33-16-14-22(19-33)36-17-3-1-8-21-13-12-20-7-6-15-31-28(20)32-21;2*30-21-9-11-24(27-19-35-15-16-37-27)25(17-21)28(29(33)34)32-13-12-23(18-32)36-14-4-3-6-22-10-8-20-5-1-2-7-26(20)31-22/h5,9-10,12-13,22,25,27H,1-4,6-8,11,14-19H2,(H,31,32)(H,34,35);2*8-11,17,23,27-28H,1-7,12-16,18-19H2,(H,33,34)/t22-,25?,27+;23-,27?,28+;23-,27?,28-/m111/s1. The van der Waals surface area contributed by atoms with Gasteiger partial charge in [0.1, 0.15) is 53.6 Å². The highest BCUT2D eigenvalue weighted by Crippen LogP contribution is 2.40. The fourth-order valence-electron chi connectivity index (χ4n) is 17.4. The Balaban J connectivity index is 0.000000146. The van der Waals surface area contributed by atoms with Gasteiger partial charge in [0, 0.05) is 106 Å². The van der Waals surface area contributed by atoms with Crippen LogP contribution in [-0.2, 0) is 104 Å². The summed E-state index contributed by atoms with van der Waals surface area (Å²) in [5, 5.41) is 33.8. The third-order valence-electron chi connectivity index (χ3n) is 23.2. The zero-order chi connectivity index (χ0) is 76.8. The number of aryl methyl sites for hydroxylation is 8. The van der Waals surface area contributed by atoms with Gasteiger partial charge in [-0.05, 0) is 254 Å². The van der Waals surface area contributed by atoms with Gasteiger partial charge in [-0.15, -0.1) is 0 Å². The summed E-state index contributed by atoms with van der Waals surface area (Å²) in [6.45, 7) is 9.26. The van der Waals surface area contributed by atoms with Crippen molar-refractivity contribution in [2.24, 2.45) is 0 Å². The van der Waals surface area contributed by atoms with Crippen molar-refractivity contribution in [2.75, 3.05) is 117 Å². The maximum atomic E-state index is 15.1. The minimum atomic E-state index is -1.04. The van der Waals surface area contributed by atoms with Gasteiger partial charge in [-0.3, -0.25) is 39.1 Å². The van der Waals surface area contributed by atoms with Gasteiger partial charge in [-0.25, -0.2) is 18.2 Å². The van der Waals surface area contributed by atoms with Crippen molar-refractivity contribution >= 4 is 23.7 Å². The fourth-order valence-corrected chi connectivity index (χ4v) is 17.4. The van der Waals surface area contributed by atoms with E-state index < -0.39 is 65.7 Å². The minimum Gasteiger partial charge on any atom is -0.480 e. The molecule has 0 bridgehead atoms. The molecule has 3 aromatic carbocycles. The SMILES string of the molecule is O=C(O)[C@@H](c1cc(F)ccc1C1COCCO1)N1CC[C@@H](OCCCCc2ccc3c(n2)CCCC3)C1.O=C(O)[C@H](c1c(F)cccc1C1CCCCO1)N1CC[C@@H](OCCCCc2ccc3c(n2)NCCC3)C1.O=C(O)[C@H](c1cc(F)ccc1C1COCCO1)N1CC[C@@H](OCCCCc2ccc3c(n2)CCCC3)C1. The van der Waals surface area contributed by atoms with Gasteiger partial charge in [0.15, 0.2) is 0 Å². The highest BCUT2D eigenvalue weighted by molar-refractivity contribution is 5.78. The van der Waals surface area contributed by atoms with E-state index in [9.17, 15) is 38.5 Å². The number of aromatic nitrogens is 3. The lowest BCUT2D eigenvalue weighted by Gasteiger charge is -2.30. The molecule has 9 aliphatic rings. The number of pyridine rings is 3. The van der Waals surface area contributed by atoms with Crippen molar-refractivity contribution in [3.8, 4) is 0 Å². The molecular formula is C87H112F3N7O14. The lowest BCUT2D eigenvalue weighted by Crippen LogP contribution is -2.35. The fraction of sp³-hybridized carbons (Fsp3) is 0.586. The number of ether oxygens (including phenoxy) is 8. The van der Waals surface area contributed by atoms with Crippen molar-refractivity contribution in [1.82, 2.24) is 29.7 Å². The van der Waals surface area contributed by atoms with Gasteiger partial charge >= 0.3 is 17.9 Å². The molecule has 0 saturated carbocycles. The van der Waals surface area contributed by atoms with Gasteiger partial charge in [0.2, 0.25) is 0 Å². The first-order chi connectivity index (χ1) is 54.3. The lowest BCUT2D eigenvalue weighted by molar-refractivity contribution is -0.144. The smallest absolute Gasteiger partial charge is 0.325 e. The molecule has 10 heterocycles. The Morgan fingerprint density at radius 3 is 1.39 bits per heavy atom. The maximum Gasteiger partial charge on any atom is 0.325 e. The Labute approximate surface area is 650 Å². The van der Waals surface area contributed by atoms with Gasteiger partial charge in [0.25, 0.3) is 0 Å². The highest BCUT2D eigenvalue weighted by atomic mass is 19.1. The number of carboxylic acids is 3. The number of rotatable bonds is 30. The van der Waals surface area contributed by atoms with Crippen LogP contribution in [-0.4, -0.2) is 193 Å². The van der Waals surface area contributed by atoms with E-state index in [1.54, 1.807) is 18.2 Å². The molecule has 3 aromatic heterocycles. The first-order valence-corrected chi connectivity index (χ1v) is 41.1. The monoisotopic (exact) mass is 1540 g/mol. The topological polar surface area (TPSA) is 246 Å². The number of fused-ring (bicyclic) bond motifs is 3. The zero-order valence-corrected chi connectivity index (χ0v) is 64.2. The molecule has 3 unspecified atom stereocenters. The Bertz CT molecular complexity index is 3860. The Kier molecular flexibility index (Phi) is 30.3. The van der Waals surface area contributed by atoms with Gasteiger partial charge in [-0.1, -0.05) is 42.5 Å². The number of aliphatic carboxylic acids is 3. The van der Waals surface area contributed by atoms with Crippen molar-refractivity contribution in [3.63, 3.8) is 0 Å². The van der Waals surface area contributed by atoms with E-state index in [-0.39, 0.29) is 30.0 Å².